The molecule has 0 radical (unpaired) electrons. The largest absolute Gasteiger partial charge is 0.481 e. The van der Waals surface area contributed by atoms with E-state index in [4.69, 9.17) is 9.84 Å². The fourth-order valence-electron chi connectivity index (χ4n) is 2.45. The molecule has 3 unspecified atom stereocenters. The molecule has 0 aromatic heterocycles. The second-order valence-corrected chi connectivity index (χ2v) is 5.46. The minimum Gasteiger partial charge on any atom is -0.481 e. The van der Waals surface area contributed by atoms with Crippen molar-refractivity contribution < 1.29 is 19.4 Å². The number of aliphatic carboxylic acids is 1. The Morgan fingerprint density at radius 2 is 2.15 bits per heavy atom. The van der Waals surface area contributed by atoms with Gasteiger partial charge in [-0.25, -0.2) is 0 Å². The van der Waals surface area contributed by atoms with Gasteiger partial charge in [-0.1, -0.05) is 13.3 Å². The lowest BCUT2D eigenvalue weighted by Crippen LogP contribution is -2.53. The number of nitrogens with zero attached hydrogens (tertiary/aromatic N) is 1. The zero-order valence-electron chi connectivity index (χ0n) is 12.6. The molecule has 20 heavy (non-hydrogen) atoms. The Hall–Kier alpha value is -1.14. The van der Waals surface area contributed by atoms with E-state index >= 15 is 0 Å². The van der Waals surface area contributed by atoms with Crippen LogP contribution in [-0.2, 0) is 14.3 Å². The van der Waals surface area contributed by atoms with Gasteiger partial charge in [0.1, 0.15) is 0 Å². The van der Waals surface area contributed by atoms with E-state index in [9.17, 15) is 9.59 Å². The third-order valence-electron chi connectivity index (χ3n) is 3.61. The predicted molar refractivity (Wildman–Crippen MR) is 75.5 cm³/mol. The highest BCUT2D eigenvalue weighted by molar-refractivity contribution is 5.81. The summed E-state index contributed by atoms with van der Waals surface area (Å²) in [5.74, 6) is -0.868. The highest BCUT2D eigenvalue weighted by Crippen LogP contribution is 2.12. The molecule has 0 aromatic carbocycles. The first kappa shape index (κ1) is 16.9. The monoisotopic (exact) mass is 286 g/mol. The van der Waals surface area contributed by atoms with Crippen molar-refractivity contribution in [3.63, 3.8) is 0 Å². The lowest BCUT2D eigenvalue weighted by Gasteiger charge is -2.36. The van der Waals surface area contributed by atoms with E-state index in [2.05, 4.69) is 12.2 Å². The van der Waals surface area contributed by atoms with Gasteiger partial charge in [0.05, 0.1) is 25.2 Å². The molecule has 1 aliphatic heterocycles. The van der Waals surface area contributed by atoms with Crippen LogP contribution in [0.2, 0.25) is 0 Å². The van der Waals surface area contributed by atoms with Crippen LogP contribution in [0.3, 0.4) is 0 Å². The van der Waals surface area contributed by atoms with Gasteiger partial charge in [-0.15, -0.1) is 0 Å². The summed E-state index contributed by atoms with van der Waals surface area (Å²) in [5.41, 5.74) is 0. The molecule has 1 saturated heterocycles. The van der Waals surface area contributed by atoms with Crippen molar-refractivity contribution in [2.45, 2.75) is 58.2 Å². The Labute approximate surface area is 120 Å². The quantitative estimate of drug-likeness (QED) is 0.725. The van der Waals surface area contributed by atoms with Crippen molar-refractivity contribution in [2.75, 3.05) is 19.7 Å². The SMILES string of the molecule is CCCC(C)NC(=O)C(C)N1CCOC(CC(=O)O)C1. The zero-order valence-corrected chi connectivity index (χ0v) is 12.6. The number of morpholine rings is 1. The van der Waals surface area contributed by atoms with Gasteiger partial charge in [-0.3, -0.25) is 14.5 Å². The van der Waals surface area contributed by atoms with E-state index in [0.29, 0.717) is 19.7 Å². The van der Waals surface area contributed by atoms with E-state index in [1.165, 1.54) is 0 Å². The van der Waals surface area contributed by atoms with Crippen LogP contribution in [0.15, 0.2) is 0 Å². The normalized spacial score (nSPS) is 23.1. The van der Waals surface area contributed by atoms with E-state index < -0.39 is 5.97 Å². The van der Waals surface area contributed by atoms with Crippen molar-refractivity contribution in [3.05, 3.63) is 0 Å². The Bertz CT molecular complexity index is 335. The van der Waals surface area contributed by atoms with Gasteiger partial charge in [0.15, 0.2) is 0 Å². The summed E-state index contributed by atoms with van der Waals surface area (Å²) in [6.07, 6.45) is 1.65. The zero-order chi connectivity index (χ0) is 15.1. The smallest absolute Gasteiger partial charge is 0.306 e. The van der Waals surface area contributed by atoms with Crippen LogP contribution < -0.4 is 5.32 Å². The Morgan fingerprint density at radius 1 is 1.45 bits per heavy atom. The number of hydrogen-bond donors (Lipinski definition) is 2. The molecule has 0 bridgehead atoms. The molecule has 0 aromatic rings. The summed E-state index contributed by atoms with van der Waals surface area (Å²) < 4.78 is 5.41. The first-order valence-corrected chi connectivity index (χ1v) is 7.31. The van der Waals surface area contributed by atoms with Gasteiger partial charge in [0, 0.05) is 19.1 Å². The number of amides is 1. The summed E-state index contributed by atoms with van der Waals surface area (Å²) >= 11 is 0. The number of ether oxygens (including phenoxy) is 1. The lowest BCUT2D eigenvalue weighted by molar-refractivity contribution is -0.143. The Kier molecular flexibility index (Phi) is 6.95. The second-order valence-electron chi connectivity index (χ2n) is 5.46. The summed E-state index contributed by atoms with van der Waals surface area (Å²) in [4.78, 5) is 24.9. The van der Waals surface area contributed by atoms with Crippen LogP contribution >= 0.6 is 0 Å². The molecule has 1 aliphatic rings. The first-order chi connectivity index (χ1) is 9.43. The number of hydrogen-bond acceptors (Lipinski definition) is 4. The van der Waals surface area contributed by atoms with Crippen molar-refractivity contribution in [1.29, 1.82) is 0 Å². The Balaban J connectivity index is 2.46. The number of carboxylic acid groups (broad SMARTS) is 1. The molecule has 6 nitrogen and oxygen atoms in total. The highest BCUT2D eigenvalue weighted by atomic mass is 16.5. The molecular weight excluding hydrogens is 260 g/mol. The van der Waals surface area contributed by atoms with Crippen molar-refractivity contribution >= 4 is 11.9 Å². The van der Waals surface area contributed by atoms with Crippen LogP contribution in [0.4, 0.5) is 0 Å². The molecule has 0 aliphatic carbocycles. The second kappa shape index (κ2) is 8.21. The fourth-order valence-corrected chi connectivity index (χ4v) is 2.45. The maximum Gasteiger partial charge on any atom is 0.306 e. The van der Waals surface area contributed by atoms with Crippen LogP contribution in [0, 0.1) is 0 Å². The van der Waals surface area contributed by atoms with Gasteiger partial charge >= 0.3 is 5.97 Å². The number of carbonyl (C=O) groups is 2. The molecule has 0 spiro atoms. The molecule has 2 N–H and O–H groups in total. The molecule has 1 heterocycles. The number of nitrogens with one attached hydrogen (secondary N) is 1. The number of carbonyl (C=O) groups excluding carboxylic acids is 1. The van der Waals surface area contributed by atoms with Crippen LogP contribution in [-0.4, -0.2) is 59.8 Å². The van der Waals surface area contributed by atoms with Crippen LogP contribution in [0.5, 0.6) is 0 Å². The Morgan fingerprint density at radius 3 is 2.75 bits per heavy atom. The maximum absolute atomic E-state index is 12.1. The molecule has 3 atom stereocenters. The first-order valence-electron chi connectivity index (χ1n) is 7.31. The fraction of sp³-hybridized carbons (Fsp3) is 0.857. The molecule has 6 heteroatoms. The molecule has 1 fully saturated rings. The van der Waals surface area contributed by atoms with Crippen molar-refractivity contribution in [3.8, 4) is 0 Å². The highest BCUT2D eigenvalue weighted by Gasteiger charge is 2.29. The average Bonchev–Trinajstić information content (AvgIpc) is 2.37. The molecule has 116 valence electrons. The maximum atomic E-state index is 12.1. The standard InChI is InChI=1S/C14H26N2O4/c1-4-5-10(2)15-14(19)11(3)16-6-7-20-12(9-16)8-13(17)18/h10-12H,4-9H2,1-3H3,(H,15,19)(H,17,18). The topological polar surface area (TPSA) is 78.9 Å². The average molecular weight is 286 g/mol. The molecule has 0 saturated carbocycles. The summed E-state index contributed by atoms with van der Waals surface area (Å²) in [6, 6.07) is -0.0830. The number of carboxylic acids is 1. The third kappa shape index (κ3) is 5.46. The van der Waals surface area contributed by atoms with Gasteiger partial charge < -0.3 is 15.2 Å². The van der Waals surface area contributed by atoms with Gasteiger partial charge in [-0.05, 0) is 20.3 Å². The van der Waals surface area contributed by atoms with E-state index in [1.807, 2.05) is 18.7 Å². The van der Waals surface area contributed by atoms with Gasteiger partial charge in [0.25, 0.3) is 0 Å². The minimum atomic E-state index is -0.870. The van der Waals surface area contributed by atoms with E-state index in [-0.39, 0.29) is 30.5 Å². The molecule has 1 rings (SSSR count). The molecular formula is C14H26N2O4. The summed E-state index contributed by atoms with van der Waals surface area (Å²) in [6.45, 7) is 7.57. The number of rotatable bonds is 7. The van der Waals surface area contributed by atoms with Gasteiger partial charge in [-0.2, -0.15) is 0 Å². The minimum absolute atomic E-state index is 0.00178. The van der Waals surface area contributed by atoms with Gasteiger partial charge in [0.2, 0.25) is 5.91 Å². The van der Waals surface area contributed by atoms with E-state index in [1.54, 1.807) is 0 Å². The van der Waals surface area contributed by atoms with E-state index in [0.717, 1.165) is 12.8 Å². The van der Waals surface area contributed by atoms with Crippen LogP contribution in [0.1, 0.15) is 40.0 Å². The van der Waals surface area contributed by atoms with Crippen molar-refractivity contribution in [1.82, 2.24) is 10.2 Å². The lowest BCUT2D eigenvalue weighted by atomic mass is 10.1. The van der Waals surface area contributed by atoms with Crippen LogP contribution in [0.25, 0.3) is 0 Å². The van der Waals surface area contributed by atoms with Crippen molar-refractivity contribution in [2.24, 2.45) is 0 Å². The summed E-state index contributed by atoms with van der Waals surface area (Å²) in [7, 11) is 0. The third-order valence-corrected chi connectivity index (χ3v) is 3.61. The molecule has 1 amide bonds. The predicted octanol–water partition coefficient (Wildman–Crippen LogP) is 0.855. The summed E-state index contributed by atoms with van der Waals surface area (Å²) in [5, 5.41) is 11.8.